The van der Waals surface area contributed by atoms with Gasteiger partial charge in [-0.15, -0.1) is 0 Å². The van der Waals surface area contributed by atoms with Gasteiger partial charge in [0.1, 0.15) is 12.4 Å². The van der Waals surface area contributed by atoms with Gasteiger partial charge >= 0.3 is 5.97 Å². The van der Waals surface area contributed by atoms with Crippen LogP contribution >= 0.6 is 11.3 Å². The third-order valence-electron chi connectivity index (χ3n) is 4.29. The predicted octanol–water partition coefficient (Wildman–Crippen LogP) is 3.78. The highest BCUT2D eigenvalue weighted by Gasteiger charge is 2.17. The van der Waals surface area contributed by atoms with Crippen LogP contribution in [0.3, 0.4) is 0 Å². The van der Waals surface area contributed by atoms with Gasteiger partial charge in [-0.05, 0) is 30.5 Å². The number of carbonyl (C=O) groups excluding carboxylic acids is 2. The fourth-order valence-electron chi connectivity index (χ4n) is 2.91. The predicted molar refractivity (Wildman–Crippen MR) is 106 cm³/mol. The number of ether oxygens (including phenoxy) is 1. The number of hydrogen-bond donors (Lipinski definition) is 0. The Morgan fingerprint density at radius 1 is 1.10 bits per heavy atom. The highest BCUT2D eigenvalue weighted by Crippen LogP contribution is 2.22. The Labute approximate surface area is 170 Å². The van der Waals surface area contributed by atoms with Gasteiger partial charge in [-0.2, -0.15) is 4.99 Å². The minimum absolute atomic E-state index is 0.0169. The summed E-state index contributed by atoms with van der Waals surface area (Å²) in [6, 6.07) is 9.50. The zero-order valence-corrected chi connectivity index (χ0v) is 16.9. The van der Waals surface area contributed by atoms with E-state index in [2.05, 4.69) is 4.99 Å². The molecule has 0 unspecified atom stereocenters. The number of aromatic nitrogens is 1. The van der Waals surface area contributed by atoms with Crippen LogP contribution < -0.4 is 4.80 Å². The summed E-state index contributed by atoms with van der Waals surface area (Å²) in [5, 5.41) is 0. The first-order valence-electron chi connectivity index (χ1n) is 9.20. The second-order valence-corrected chi connectivity index (χ2v) is 7.37. The van der Waals surface area contributed by atoms with Crippen LogP contribution in [0.25, 0.3) is 10.2 Å². The van der Waals surface area contributed by atoms with Gasteiger partial charge < -0.3 is 9.30 Å². The van der Waals surface area contributed by atoms with Crippen LogP contribution in [0.4, 0.5) is 8.78 Å². The maximum atomic E-state index is 14.4. The summed E-state index contributed by atoms with van der Waals surface area (Å²) >= 11 is 0.945. The molecule has 0 aliphatic heterocycles. The number of nitrogens with zero attached hydrogens (tertiary/aromatic N) is 2. The van der Waals surface area contributed by atoms with Crippen molar-refractivity contribution in [2.75, 3.05) is 6.61 Å². The molecule has 8 heteroatoms. The Hall–Kier alpha value is -2.87. The molecule has 0 N–H and O–H groups in total. The summed E-state index contributed by atoms with van der Waals surface area (Å²) in [6.07, 6.45) is 0.963. The summed E-state index contributed by atoms with van der Waals surface area (Å²) in [7, 11) is 0. The molecule has 3 rings (SSSR count). The minimum atomic E-state index is -0.829. The van der Waals surface area contributed by atoms with Crippen molar-refractivity contribution in [1.82, 2.24) is 4.57 Å². The number of hydrogen-bond acceptors (Lipinski definition) is 4. The summed E-state index contributed by atoms with van der Waals surface area (Å²) < 4.78 is 34.4. The van der Waals surface area contributed by atoms with E-state index in [-0.39, 0.29) is 34.6 Å². The molecule has 3 aromatic rings. The van der Waals surface area contributed by atoms with Crippen LogP contribution in [0, 0.1) is 11.6 Å². The first kappa shape index (κ1) is 20.9. The minimum Gasteiger partial charge on any atom is -0.465 e. The molecule has 152 valence electrons. The molecule has 0 fully saturated rings. The monoisotopic (exact) mass is 418 g/mol. The van der Waals surface area contributed by atoms with Gasteiger partial charge in [-0.25, -0.2) is 8.78 Å². The molecule has 1 amide bonds. The van der Waals surface area contributed by atoms with Crippen molar-refractivity contribution in [2.45, 2.75) is 33.2 Å². The maximum Gasteiger partial charge on any atom is 0.326 e. The van der Waals surface area contributed by atoms with E-state index in [4.69, 9.17) is 4.74 Å². The maximum absolute atomic E-state index is 14.4. The smallest absolute Gasteiger partial charge is 0.326 e. The van der Waals surface area contributed by atoms with Gasteiger partial charge in [0.05, 0.1) is 23.2 Å². The molecular weight excluding hydrogens is 398 g/mol. The number of amides is 1. The van der Waals surface area contributed by atoms with Crippen molar-refractivity contribution in [1.29, 1.82) is 0 Å². The van der Waals surface area contributed by atoms with Crippen LogP contribution in [0.1, 0.15) is 25.0 Å². The highest BCUT2D eigenvalue weighted by molar-refractivity contribution is 7.16. The number of rotatable bonds is 6. The van der Waals surface area contributed by atoms with Crippen molar-refractivity contribution >= 4 is 33.4 Å². The lowest BCUT2D eigenvalue weighted by molar-refractivity contribution is -0.143. The highest BCUT2D eigenvalue weighted by atomic mass is 32.1. The average molecular weight is 418 g/mol. The topological polar surface area (TPSA) is 60.7 Å². The molecular formula is C21H20F2N2O3S. The van der Waals surface area contributed by atoms with Gasteiger partial charge in [0.2, 0.25) is 0 Å². The molecule has 29 heavy (non-hydrogen) atoms. The fraction of sp³-hybridized carbons (Fsp3) is 0.286. The Morgan fingerprint density at radius 2 is 1.79 bits per heavy atom. The zero-order valence-electron chi connectivity index (χ0n) is 16.1. The summed E-state index contributed by atoms with van der Waals surface area (Å²) in [4.78, 5) is 28.6. The Kier molecular flexibility index (Phi) is 6.53. The SMILES string of the molecule is CCOC(=O)Cn1c(=NC(=O)Cc2ccc(CC)cc2)sc2cc(F)cc(F)c21. The molecule has 0 aliphatic carbocycles. The van der Waals surface area contributed by atoms with Crippen molar-refractivity contribution in [3.8, 4) is 0 Å². The number of fused-ring (bicyclic) bond motifs is 1. The van der Waals surface area contributed by atoms with Crippen LogP contribution in [0.5, 0.6) is 0 Å². The summed E-state index contributed by atoms with van der Waals surface area (Å²) in [5.74, 6) is -2.61. The lowest BCUT2D eigenvalue weighted by Gasteiger charge is -2.06. The molecule has 1 heterocycles. The van der Waals surface area contributed by atoms with E-state index in [0.717, 1.165) is 41.0 Å². The van der Waals surface area contributed by atoms with E-state index in [9.17, 15) is 18.4 Å². The summed E-state index contributed by atoms with van der Waals surface area (Å²) in [5.41, 5.74) is 1.97. The van der Waals surface area contributed by atoms with Crippen LogP contribution in [0.15, 0.2) is 41.4 Å². The number of esters is 1. The van der Waals surface area contributed by atoms with E-state index in [1.165, 1.54) is 4.57 Å². The average Bonchev–Trinajstić information content (AvgIpc) is 2.99. The van der Waals surface area contributed by atoms with E-state index in [1.54, 1.807) is 6.92 Å². The molecule has 0 aliphatic rings. The molecule has 0 atom stereocenters. The molecule has 0 radical (unpaired) electrons. The molecule has 2 aromatic carbocycles. The van der Waals surface area contributed by atoms with E-state index in [1.807, 2.05) is 31.2 Å². The second kappa shape index (κ2) is 9.09. The van der Waals surface area contributed by atoms with Crippen molar-refractivity contribution in [3.63, 3.8) is 0 Å². The number of benzene rings is 2. The van der Waals surface area contributed by atoms with Gasteiger partial charge in [0, 0.05) is 6.07 Å². The Morgan fingerprint density at radius 3 is 2.45 bits per heavy atom. The van der Waals surface area contributed by atoms with Crippen molar-refractivity contribution in [3.05, 3.63) is 64.0 Å². The van der Waals surface area contributed by atoms with Gasteiger partial charge in [-0.3, -0.25) is 9.59 Å². The molecule has 0 saturated heterocycles. The standard InChI is InChI=1S/C21H20F2N2O3S/c1-3-13-5-7-14(8-6-13)9-18(26)24-21-25(12-19(27)28-4-2)20-16(23)10-15(22)11-17(20)29-21/h5-8,10-11H,3-4,9,12H2,1-2H3. The van der Waals surface area contributed by atoms with Crippen LogP contribution in [0.2, 0.25) is 0 Å². The summed E-state index contributed by atoms with van der Waals surface area (Å²) in [6.45, 7) is 3.54. The van der Waals surface area contributed by atoms with Gasteiger partial charge in [-0.1, -0.05) is 42.5 Å². The zero-order chi connectivity index (χ0) is 21.0. The van der Waals surface area contributed by atoms with Crippen molar-refractivity contribution in [2.24, 2.45) is 4.99 Å². The number of thiazole rings is 1. The fourth-order valence-corrected chi connectivity index (χ4v) is 4.00. The molecule has 0 bridgehead atoms. The second-order valence-electron chi connectivity index (χ2n) is 6.36. The Balaban J connectivity index is 2.00. The van der Waals surface area contributed by atoms with E-state index in [0.29, 0.717) is 0 Å². The lowest BCUT2D eigenvalue weighted by Crippen LogP contribution is -2.23. The van der Waals surface area contributed by atoms with E-state index < -0.39 is 23.5 Å². The Bertz CT molecular complexity index is 1120. The number of halogens is 2. The lowest BCUT2D eigenvalue weighted by atomic mass is 10.1. The number of carbonyl (C=O) groups is 2. The van der Waals surface area contributed by atoms with Crippen molar-refractivity contribution < 1.29 is 23.1 Å². The van der Waals surface area contributed by atoms with E-state index >= 15 is 0 Å². The first-order chi connectivity index (χ1) is 13.9. The molecule has 1 aromatic heterocycles. The molecule has 0 spiro atoms. The van der Waals surface area contributed by atoms with Crippen LogP contribution in [-0.2, 0) is 33.7 Å². The largest absolute Gasteiger partial charge is 0.465 e. The normalized spacial score (nSPS) is 11.8. The number of aryl methyl sites for hydroxylation is 1. The quantitative estimate of drug-likeness (QED) is 0.573. The third-order valence-corrected chi connectivity index (χ3v) is 5.32. The van der Waals surface area contributed by atoms with Gasteiger partial charge in [0.25, 0.3) is 5.91 Å². The van der Waals surface area contributed by atoms with Crippen LogP contribution in [-0.4, -0.2) is 23.1 Å². The molecule has 5 nitrogen and oxygen atoms in total. The van der Waals surface area contributed by atoms with Gasteiger partial charge in [0.15, 0.2) is 10.6 Å². The molecule has 0 saturated carbocycles. The third kappa shape index (κ3) is 4.95. The first-order valence-corrected chi connectivity index (χ1v) is 10.0.